The van der Waals surface area contributed by atoms with E-state index in [2.05, 4.69) is 26.6 Å². The minimum Gasteiger partial charge on any atom is -0.353 e. The van der Waals surface area contributed by atoms with Crippen LogP contribution in [0.3, 0.4) is 0 Å². The maximum atomic E-state index is 13.8. The molecule has 4 amide bonds. The monoisotopic (exact) mass is 620 g/mol. The summed E-state index contributed by atoms with van der Waals surface area (Å²) in [6.45, 7) is 9.55. The molecular weight excluding hydrogens is 573 g/mol. The average Bonchev–Trinajstić information content (AvgIpc) is 2.97. The molecule has 2 aliphatic heterocycles. The van der Waals surface area contributed by atoms with E-state index in [0.717, 1.165) is 17.1 Å². The van der Waals surface area contributed by atoms with Crippen molar-refractivity contribution in [1.82, 2.24) is 31.6 Å². The Morgan fingerprint density at radius 3 is 2.24 bits per heavy atom. The average molecular weight is 621 g/mol. The minimum atomic E-state index is -1.10. The second kappa shape index (κ2) is 17.1. The van der Waals surface area contributed by atoms with Gasteiger partial charge in [-0.25, -0.2) is 0 Å². The minimum absolute atomic E-state index is 0.0950. The number of fused-ring (bicyclic) bond motifs is 2. The van der Waals surface area contributed by atoms with Crippen molar-refractivity contribution in [3.05, 3.63) is 29.6 Å². The van der Waals surface area contributed by atoms with Gasteiger partial charge in [0.1, 0.15) is 17.6 Å². The quantitative estimate of drug-likeness (QED) is 0.346. The van der Waals surface area contributed by atoms with Crippen LogP contribution < -0.4 is 26.6 Å². The van der Waals surface area contributed by atoms with Crippen molar-refractivity contribution in [2.24, 2.45) is 11.8 Å². The fraction of sp³-hybridized carbons (Fsp3) is 0.700. The molecule has 5 N–H and O–H groups in total. The zero-order valence-corrected chi connectivity index (χ0v) is 27.1. The highest BCUT2D eigenvalue weighted by Gasteiger charge is 2.42. The number of hydrogen-bond acceptors (Lipinski definition) is 8. The first kappa shape index (κ1) is 34.2. The molecule has 0 aliphatic carbocycles. The van der Waals surface area contributed by atoms with Crippen molar-refractivity contribution >= 4 is 47.2 Å². The van der Waals surface area contributed by atoms with E-state index in [1.165, 1.54) is 0 Å². The Balaban J connectivity index is 1.84. The molecule has 42 heavy (non-hydrogen) atoms. The first-order chi connectivity index (χ1) is 20.1. The van der Waals surface area contributed by atoms with Gasteiger partial charge in [-0.2, -0.15) is 23.5 Å². The Kier molecular flexibility index (Phi) is 13.9. The molecule has 1 spiro atoms. The van der Waals surface area contributed by atoms with Gasteiger partial charge in [0.2, 0.25) is 23.6 Å². The molecule has 10 nitrogen and oxygen atoms in total. The van der Waals surface area contributed by atoms with Crippen LogP contribution in [0.2, 0.25) is 0 Å². The van der Waals surface area contributed by atoms with E-state index in [1.54, 1.807) is 23.5 Å². The van der Waals surface area contributed by atoms with E-state index in [-0.39, 0.29) is 41.9 Å². The van der Waals surface area contributed by atoms with Gasteiger partial charge in [-0.05, 0) is 56.3 Å². The normalized spacial score (nSPS) is 24.4. The smallest absolute Gasteiger partial charge is 0.246 e. The third kappa shape index (κ3) is 10.4. The molecule has 0 aromatic carbocycles. The van der Waals surface area contributed by atoms with E-state index < -0.39 is 17.6 Å². The van der Waals surface area contributed by atoms with Crippen molar-refractivity contribution in [2.45, 2.75) is 88.9 Å². The number of rotatable bonds is 4. The van der Waals surface area contributed by atoms with E-state index in [4.69, 9.17) is 4.98 Å². The van der Waals surface area contributed by atoms with Crippen molar-refractivity contribution in [3.63, 3.8) is 0 Å². The topological polar surface area (TPSA) is 141 Å². The lowest BCUT2D eigenvalue weighted by Gasteiger charge is -2.38. The molecule has 3 rings (SSSR count). The molecule has 1 aromatic rings. The van der Waals surface area contributed by atoms with Crippen LogP contribution in [-0.4, -0.2) is 77.4 Å². The van der Waals surface area contributed by atoms with Crippen molar-refractivity contribution in [2.75, 3.05) is 31.1 Å². The molecule has 0 radical (unpaired) electrons. The Labute approximate surface area is 258 Å². The molecular formula is C30H48N6O4S2. The van der Waals surface area contributed by atoms with Crippen molar-refractivity contribution in [1.29, 1.82) is 0 Å². The van der Waals surface area contributed by atoms with Gasteiger partial charge in [0.15, 0.2) is 0 Å². The maximum Gasteiger partial charge on any atom is 0.246 e. The van der Waals surface area contributed by atoms with Crippen molar-refractivity contribution < 1.29 is 19.2 Å². The van der Waals surface area contributed by atoms with Crippen LogP contribution in [0.4, 0.5) is 0 Å². The number of hydrogen-bond donors (Lipinski definition) is 5. The highest BCUT2D eigenvalue weighted by molar-refractivity contribution is 7.98. The summed E-state index contributed by atoms with van der Waals surface area (Å²) in [5.74, 6) is 1.63. The van der Waals surface area contributed by atoms with Crippen LogP contribution in [0.1, 0.15) is 71.2 Å². The van der Waals surface area contributed by atoms with Gasteiger partial charge in [-0.15, -0.1) is 0 Å². The summed E-state index contributed by atoms with van der Waals surface area (Å²) in [6, 6.07) is 4.44. The summed E-state index contributed by atoms with van der Waals surface area (Å²) in [5.41, 5.74) is 0.844. The maximum absolute atomic E-state index is 13.8. The Hall–Kier alpha value is -2.31. The lowest BCUT2D eigenvalue weighted by Crippen LogP contribution is -2.65. The third-order valence-electron chi connectivity index (χ3n) is 7.78. The lowest BCUT2D eigenvalue weighted by atomic mass is 9.86. The highest BCUT2D eigenvalue weighted by atomic mass is 32.2. The molecule has 1 aromatic heterocycles. The van der Waals surface area contributed by atoms with Crippen LogP contribution in [0.15, 0.2) is 18.2 Å². The molecule has 1 fully saturated rings. The molecule has 2 bridgehead atoms. The summed E-state index contributed by atoms with van der Waals surface area (Å²) >= 11 is 3.33. The zero-order chi connectivity index (χ0) is 30.5. The fourth-order valence-corrected chi connectivity index (χ4v) is 6.72. The molecule has 2 aliphatic rings. The SMILES string of the molecule is CC[C@H](C)[C@@H]1NC(=O)[C@H](CC(C)C)NC(=O)C2(CCNCC2)NC(=O)CCSCc2cccc(n2)CSCCNC1=O. The van der Waals surface area contributed by atoms with Crippen LogP contribution in [-0.2, 0) is 30.7 Å². The number of aromatic nitrogens is 1. The van der Waals surface area contributed by atoms with Gasteiger partial charge < -0.3 is 26.6 Å². The van der Waals surface area contributed by atoms with Gasteiger partial charge in [-0.3, -0.25) is 24.2 Å². The second-order valence-corrected chi connectivity index (χ2v) is 13.9. The predicted molar refractivity (Wildman–Crippen MR) is 170 cm³/mol. The van der Waals surface area contributed by atoms with Crippen molar-refractivity contribution in [3.8, 4) is 0 Å². The van der Waals surface area contributed by atoms with Gasteiger partial charge in [0.25, 0.3) is 0 Å². The fourth-order valence-electron chi connectivity index (χ4n) is 5.11. The molecule has 1 saturated heterocycles. The highest BCUT2D eigenvalue weighted by Crippen LogP contribution is 2.21. The van der Waals surface area contributed by atoms with Gasteiger partial charge in [-0.1, -0.05) is 40.2 Å². The van der Waals surface area contributed by atoms with E-state index >= 15 is 0 Å². The molecule has 12 heteroatoms. The van der Waals surface area contributed by atoms with E-state index in [1.807, 2.05) is 45.9 Å². The van der Waals surface area contributed by atoms with Gasteiger partial charge >= 0.3 is 0 Å². The van der Waals surface area contributed by atoms with Gasteiger partial charge in [0, 0.05) is 36.0 Å². The molecule has 0 saturated carbocycles. The summed E-state index contributed by atoms with van der Waals surface area (Å²) in [6.07, 6.45) is 2.26. The predicted octanol–water partition coefficient (Wildman–Crippen LogP) is 2.37. The van der Waals surface area contributed by atoms with E-state index in [9.17, 15) is 19.2 Å². The molecule has 3 heterocycles. The Morgan fingerprint density at radius 1 is 0.929 bits per heavy atom. The second-order valence-electron chi connectivity index (χ2n) is 11.7. The first-order valence-electron chi connectivity index (χ1n) is 15.1. The summed E-state index contributed by atoms with van der Waals surface area (Å²) < 4.78 is 0. The largest absolute Gasteiger partial charge is 0.353 e. The number of pyridine rings is 1. The number of thioether (sulfide) groups is 2. The molecule has 0 unspecified atom stereocenters. The third-order valence-corrected chi connectivity index (χ3v) is 9.76. The Bertz CT molecular complexity index is 1070. The first-order valence-corrected chi connectivity index (χ1v) is 17.5. The van der Waals surface area contributed by atoms with Crippen LogP contribution in [0.5, 0.6) is 0 Å². The lowest BCUT2D eigenvalue weighted by molar-refractivity contribution is -0.138. The van der Waals surface area contributed by atoms with Crippen LogP contribution in [0.25, 0.3) is 0 Å². The van der Waals surface area contributed by atoms with Gasteiger partial charge in [0.05, 0.1) is 11.4 Å². The molecule has 234 valence electrons. The Morgan fingerprint density at radius 2 is 1.60 bits per heavy atom. The van der Waals surface area contributed by atoms with Crippen LogP contribution >= 0.6 is 23.5 Å². The zero-order valence-electron chi connectivity index (χ0n) is 25.4. The number of carbonyl (C=O) groups excluding carboxylic acids is 4. The summed E-state index contributed by atoms with van der Waals surface area (Å²) in [4.78, 5) is 58.5. The number of nitrogens with one attached hydrogen (secondary N) is 5. The standard InChI is InChI=1S/C30H48N6O4S2/c1-5-21(4)26-28(39)32-14-16-42-19-23-8-6-7-22(33-23)18-41-15-9-25(37)36-30(10-12-31-13-11-30)29(40)34-24(17-20(2)3)27(38)35-26/h6-8,20-21,24,26,31H,5,9-19H2,1-4H3,(H,32,39)(H,34,40)(H,35,38)(H,36,37)/t21-,24-,26-/m0/s1. The number of carbonyl (C=O) groups is 4. The summed E-state index contributed by atoms with van der Waals surface area (Å²) in [5, 5.41) is 15.2. The summed E-state index contributed by atoms with van der Waals surface area (Å²) in [7, 11) is 0. The number of amides is 4. The molecule has 3 atom stereocenters. The number of piperidine rings is 1. The number of nitrogens with zero attached hydrogens (tertiary/aromatic N) is 1. The van der Waals surface area contributed by atoms with Crippen LogP contribution in [0, 0.1) is 11.8 Å². The van der Waals surface area contributed by atoms with E-state index in [0.29, 0.717) is 62.6 Å².